The third-order valence-corrected chi connectivity index (χ3v) is 12.6. The van der Waals surface area contributed by atoms with Crippen molar-refractivity contribution in [2.24, 2.45) is 0 Å². The molecule has 0 aromatic rings. The summed E-state index contributed by atoms with van der Waals surface area (Å²) in [5, 5.41) is 0. The fourth-order valence-electron chi connectivity index (χ4n) is 8.06. The molecule has 0 rings (SSSR count). The maximum Gasteiger partial charge on any atom is 0.306 e. The number of ether oxygens (including phenoxy) is 3. The van der Waals surface area contributed by atoms with Crippen molar-refractivity contribution in [3.05, 3.63) is 134 Å². The summed E-state index contributed by atoms with van der Waals surface area (Å²) in [4.78, 5) is 38.1. The first kappa shape index (κ1) is 70.5. The summed E-state index contributed by atoms with van der Waals surface area (Å²) in [6.07, 6.45) is 87.6. The minimum absolute atomic E-state index is 0.0966. The molecule has 6 nitrogen and oxygen atoms in total. The minimum atomic E-state index is -0.800. The summed E-state index contributed by atoms with van der Waals surface area (Å²) in [6.45, 7) is 6.33. The monoisotopic (exact) mass is 1040 g/mol. The van der Waals surface area contributed by atoms with Gasteiger partial charge < -0.3 is 14.2 Å². The Hall–Kier alpha value is -4.45. The molecular formula is C69H112O6. The van der Waals surface area contributed by atoms with E-state index in [0.717, 1.165) is 141 Å². The van der Waals surface area contributed by atoms with E-state index in [9.17, 15) is 14.4 Å². The highest BCUT2D eigenvalue weighted by atomic mass is 16.6. The number of carbonyl (C=O) groups excluding carboxylic acids is 3. The second-order valence-corrected chi connectivity index (χ2v) is 19.8. The van der Waals surface area contributed by atoms with Crippen LogP contribution in [0.2, 0.25) is 0 Å². The van der Waals surface area contributed by atoms with E-state index in [0.29, 0.717) is 12.8 Å². The Morgan fingerprint density at radius 2 is 0.520 bits per heavy atom. The molecule has 0 aliphatic carbocycles. The van der Waals surface area contributed by atoms with E-state index in [4.69, 9.17) is 14.2 Å². The second kappa shape index (κ2) is 62.1. The molecular weight excluding hydrogens is 925 g/mol. The zero-order valence-electron chi connectivity index (χ0n) is 48.5. The number of hydrogen-bond donors (Lipinski definition) is 0. The van der Waals surface area contributed by atoms with E-state index in [1.54, 1.807) is 0 Å². The van der Waals surface area contributed by atoms with Gasteiger partial charge in [-0.05, 0) is 128 Å². The fourth-order valence-corrected chi connectivity index (χ4v) is 8.06. The highest BCUT2D eigenvalue weighted by Gasteiger charge is 2.19. The Balaban J connectivity index is 4.19. The zero-order chi connectivity index (χ0) is 54.3. The molecule has 0 amide bonds. The van der Waals surface area contributed by atoms with Crippen molar-refractivity contribution in [1.82, 2.24) is 0 Å². The Morgan fingerprint density at radius 1 is 0.280 bits per heavy atom. The van der Waals surface area contributed by atoms with Crippen LogP contribution in [0.3, 0.4) is 0 Å². The third kappa shape index (κ3) is 60.3. The van der Waals surface area contributed by atoms with Gasteiger partial charge in [0.1, 0.15) is 13.2 Å². The van der Waals surface area contributed by atoms with Crippen molar-refractivity contribution in [3.63, 3.8) is 0 Å². The molecule has 0 saturated carbocycles. The second-order valence-electron chi connectivity index (χ2n) is 19.8. The summed E-state index contributed by atoms with van der Waals surface area (Å²) in [5.41, 5.74) is 0. The minimum Gasteiger partial charge on any atom is -0.462 e. The average Bonchev–Trinajstić information content (AvgIpc) is 3.41. The van der Waals surface area contributed by atoms with Gasteiger partial charge >= 0.3 is 17.9 Å². The van der Waals surface area contributed by atoms with Crippen molar-refractivity contribution in [2.45, 2.75) is 271 Å². The fraction of sp³-hybridized carbons (Fsp3) is 0.638. The SMILES string of the molecule is CC/C=C\C/C=C\C/C=C\C/C=C\C/C=C\C/C=C\C/C=C\CCCCCCCCCCCCCC(=O)OCC(COC(=O)CCCCCCC/C=C\CCCC)OC(=O)CCCCC/C=C\C/C=C\C/C=C\CC. The molecule has 0 N–H and O–H groups in total. The molecule has 0 aromatic carbocycles. The van der Waals surface area contributed by atoms with E-state index in [2.05, 4.69) is 154 Å². The molecule has 424 valence electrons. The smallest absolute Gasteiger partial charge is 0.306 e. The normalized spacial score (nSPS) is 13.1. The first-order valence-corrected chi connectivity index (χ1v) is 30.7. The summed E-state index contributed by atoms with van der Waals surface area (Å²) in [6, 6.07) is 0. The number of esters is 3. The van der Waals surface area contributed by atoms with Gasteiger partial charge in [0.2, 0.25) is 0 Å². The van der Waals surface area contributed by atoms with Gasteiger partial charge in [-0.2, -0.15) is 0 Å². The Bertz CT molecular complexity index is 1620. The van der Waals surface area contributed by atoms with Gasteiger partial charge in [0, 0.05) is 19.3 Å². The Kier molecular flexibility index (Phi) is 58.4. The highest BCUT2D eigenvalue weighted by Crippen LogP contribution is 2.15. The summed E-state index contributed by atoms with van der Waals surface area (Å²) >= 11 is 0. The highest BCUT2D eigenvalue weighted by molar-refractivity contribution is 5.71. The predicted molar refractivity (Wildman–Crippen MR) is 325 cm³/mol. The largest absolute Gasteiger partial charge is 0.462 e. The standard InChI is InChI=1S/C69H112O6/c1-4-7-10-13-16-19-22-24-25-26-27-28-29-30-31-32-33-34-35-36-37-38-39-40-41-42-43-45-47-50-53-56-59-62-68(71)74-65-66(64-73-67(70)61-58-55-52-49-46-21-18-15-12-9-6-3)75-69(72)63-60-57-54-51-48-44-23-20-17-14-11-8-5-2/h7-8,10-11,15-20,24-25,27-28,30-31,33-34,36-37,44,48,66H,4-6,9,12-14,21-23,26,29,32,35,38-43,45-47,49-65H2,1-3H3/b10-7-,11-8-,18-15-,19-16-,20-17-,25-24-,28-27-,31-30-,34-33-,37-36-,48-44-. The van der Waals surface area contributed by atoms with Crippen molar-refractivity contribution in [1.29, 1.82) is 0 Å². The van der Waals surface area contributed by atoms with Crippen LogP contribution in [0.15, 0.2) is 134 Å². The van der Waals surface area contributed by atoms with Crippen LogP contribution in [0.25, 0.3) is 0 Å². The van der Waals surface area contributed by atoms with Crippen LogP contribution in [-0.2, 0) is 28.6 Å². The van der Waals surface area contributed by atoms with E-state index in [1.165, 1.54) is 83.5 Å². The lowest BCUT2D eigenvalue weighted by Gasteiger charge is -2.18. The van der Waals surface area contributed by atoms with Crippen molar-refractivity contribution in [3.8, 4) is 0 Å². The lowest BCUT2D eigenvalue weighted by atomic mass is 10.0. The lowest BCUT2D eigenvalue weighted by Crippen LogP contribution is -2.30. The predicted octanol–water partition coefficient (Wildman–Crippen LogP) is 21.0. The van der Waals surface area contributed by atoms with E-state index < -0.39 is 6.10 Å². The summed E-state index contributed by atoms with van der Waals surface area (Å²) in [7, 11) is 0. The molecule has 0 aromatic heterocycles. The molecule has 0 aliphatic rings. The average molecular weight is 1040 g/mol. The zero-order valence-corrected chi connectivity index (χ0v) is 48.5. The van der Waals surface area contributed by atoms with Gasteiger partial charge in [-0.3, -0.25) is 14.4 Å². The summed E-state index contributed by atoms with van der Waals surface area (Å²) in [5.74, 6) is -0.942. The number of rotatable bonds is 54. The van der Waals surface area contributed by atoms with Crippen molar-refractivity contribution in [2.75, 3.05) is 13.2 Å². The van der Waals surface area contributed by atoms with E-state index >= 15 is 0 Å². The number of hydrogen-bond acceptors (Lipinski definition) is 6. The molecule has 6 heteroatoms. The van der Waals surface area contributed by atoms with Crippen LogP contribution >= 0.6 is 0 Å². The molecule has 0 radical (unpaired) electrons. The van der Waals surface area contributed by atoms with Gasteiger partial charge in [-0.15, -0.1) is 0 Å². The van der Waals surface area contributed by atoms with Gasteiger partial charge in [0.25, 0.3) is 0 Å². The Labute approximate surface area is 462 Å². The molecule has 75 heavy (non-hydrogen) atoms. The molecule has 1 atom stereocenters. The van der Waals surface area contributed by atoms with Crippen LogP contribution in [0, 0.1) is 0 Å². The quantitative estimate of drug-likeness (QED) is 0.0261. The number of unbranched alkanes of at least 4 members (excludes halogenated alkanes) is 21. The van der Waals surface area contributed by atoms with Gasteiger partial charge in [-0.25, -0.2) is 0 Å². The molecule has 0 spiro atoms. The number of allylic oxidation sites excluding steroid dienone is 22. The summed E-state index contributed by atoms with van der Waals surface area (Å²) < 4.78 is 16.8. The molecule has 0 heterocycles. The third-order valence-electron chi connectivity index (χ3n) is 12.6. The van der Waals surface area contributed by atoms with Crippen molar-refractivity contribution >= 4 is 17.9 Å². The molecule has 1 unspecified atom stereocenters. The first-order chi connectivity index (χ1) is 37.0. The lowest BCUT2D eigenvalue weighted by molar-refractivity contribution is -0.167. The molecule has 0 bridgehead atoms. The van der Waals surface area contributed by atoms with E-state index in [-0.39, 0.29) is 37.5 Å². The number of carbonyl (C=O) groups is 3. The molecule has 0 aliphatic heterocycles. The van der Waals surface area contributed by atoms with Gasteiger partial charge in [0.05, 0.1) is 0 Å². The first-order valence-electron chi connectivity index (χ1n) is 30.7. The van der Waals surface area contributed by atoms with Crippen LogP contribution < -0.4 is 0 Å². The van der Waals surface area contributed by atoms with Crippen molar-refractivity contribution < 1.29 is 28.6 Å². The maximum absolute atomic E-state index is 12.8. The molecule has 0 fully saturated rings. The van der Waals surface area contributed by atoms with Crippen LogP contribution in [-0.4, -0.2) is 37.2 Å². The topological polar surface area (TPSA) is 78.9 Å². The van der Waals surface area contributed by atoms with Crippen LogP contribution in [0.5, 0.6) is 0 Å². The van der Waals surface area contributed by atoms with Crippen LogP contribution in [0.1, 0.15) is 265 Å². The molecule has 0 saturated heterocycles. The van der Waals surface area contributed by atoms with Gasteiger partial charge in [0.15, 0.2) is 6.10 Å². The maximum atomic E-state index is 12.8. The van der Waals surface area contributed by atoms with Gasteiger partial charge in [-0.1, -0.05) is 251 Å². The van der Waals surface area contributed by atoms with Crippen LogP contribution in [0.4, 0.5) is 0 Å². The Morgan fingerprint density at radius 3 is 0.840 bits per heavy atom. The van der Waals surface area contributed by atoms with E-state index in [1.807, 2.05) is 0 Å².